The van der Waals surface area contributed by atoms with Crippen LogP contribution in [-0.2, 0) is 22.4 Å². The highest BCUT2D eigenvalue weighted by Gasteiger charge is 2.29. The Kier molecular flexibility index (Phi) is 10.8. The summed E-state index contributed by atoms with van der Waals surface area (Å²) in [5.41, 5.74) is 1.91. The highest BCUT2D eigenvalue weighted by Crippen LogP contribution is 2.19. The summed E-state index contributed by atoms with van der Waals surface area (Å²) in [6, 6.07) is 23.8. The van der Waals surface area contributed by atoms with Crippen molar-refractivity contribution in [1.82, 2.24) is 15.1 Å². The quantitative estimate of drug-likeness (QED) is 0.317. The Morgan fingerprint density at radius 3 is 2.31 bits per heavy atom. The van der Waals surface area contributed by atoms with Crippen molar-refractivity contribution < 1.29 is 14.7 Å². The first kappa shape index (κ1) is 30.1. The number of likely N-dealkylation sites (N-methyl/N-ethyl adjacent to an activating group) is 2. The lowest BCUT2D eigenvalue weighted by Crippen LogP contribution is -2.49. The summed E-state index contributed by atoms with van der Waals surface area (Å²) in [5.74, 6) is -0.292. The summed E-state index contributed by atoms with van der Waals surface area (Å²) in [6.07, 6.45) is 4.73. The van der Waals surface area contributed by atoms with Crippen LogP contribution in [0.15, 0.2) is 84.9 Å². The first-order chi connectivity index (χ1) is 18.6. The van der Waals surface area contributed by atoms with Crippen LogP contribution in [0.1, 0.15) is 38.3 Å². The number of carbonyl (C=O) groups is 2. The molecule has 2 atom stereocenters. The van der Waals surface area contributed by atoms with E-state index in [-0.39, 0.29) is 17.4 Å². The molecule has 3 aromatic carbocycles. The van der Waals surface area contributed by atoms with Gasteiger partial charge in [-0.15, -0.1) is 0 Å². The number of carbonyl (C=O) groups excluding carboxylic acids is 2. The van der Waals surface area contributed by atoms with Gasteiger partial charge in [0.2, 0.25) is 11.8 Å². The molecule has 0 bridgehead atoms. The Morgan fingerprint density at radius 2 is 1.62 bits per heavy atom. The fourth-order valence-corrected chi connectivity index (χ4v) is 4.51. The lowest BCUT2D eigenvalue weighted by atomic mass is 9.99. The van der Waals surface area contributed by atoms with Crippen LogP contribution in [0, 0.1) is 0 Å². The number of aliphatic hydroxyl groups excluding tert-OH is 1. The zero-order chi connectivity index (χ0) is 28.4. The molecule has 0 saturated heterocycles. The summed E-state index contributed by atoms with van der Waals surface area (Å²) >= 11 is 0. The lowest BCUT2D eigenvalue weighted by molar-refractivity contribution is -0.141. The van der Waals surface area contributed by atoms with E-state index in [2.05, 4.69) is 41.7 Å². The molecule has 3 aromatic rings. The number of hydrogen-bond acceptors (Lipinski definition) is 4. The van der Waals surface area contributed by atoms with Gasteiger partial charge in [-0.25, -0.2) is 0 Å². The Balaban J connectivity index is 1.76. The van der Waals surface area contributed by atoms with Gasteiger partial charge >= 0.3 is 0 Å². The van der Waals surface area contributed by atoms with Gasteiger partial charge in [-0.05, 0) is 61.6 Å². The van der Waals surface area contributed by atoms with Crippen molar-refractivity contribution in [3.05, 3.63) is 96.1 Å². The van der Waals surface area contributed by atoms with Gasteiger partial charge in [-0.1, -0.05) is 78.9 Å². The highest BCUT2D eigenvalue weighted by atomic mass is 16.3. The minimum absolute atomic E-state index is 0.0812. The van der Waals surface area contributed by atoms with E-state index in [1.54, 1.807) is 29.8 Å². The third-order valence-corrected chi connectivity index (χ3v) is 7.06. The lowest BCUT2D eigenvalue weighted by Gasteiger charge is -2.31. The Bertz CT molecular complexity index is 1250. The molecule has 0 heterocycles. The second kappa shape index (κ2) is 14.1. The first-order valence-corrected chi connectivity index (χ1v) is 13.7. The normalized spacial score (nSPS) is 13.4. The molecule has 0 aromatic heterocycles. The molecular formula is C33H43N3O3. The largest absolute Gasteiger partial charge is 0.392 e. The van der Waals surface area contributed by atoms with E-state index < -0.39 is 12.1 Å². The van der Waals surface area contributed by atoms with Crippen molar-refractivity contribution in [3.63, 3.8) is 0 Å². The summed E-state index contributed by atoms with van der Waals surface area (Å²) in [4.78, 5) is 30.3. The molecule has 39 heavy (non-hydrogen) atoms. The molecule has 0 spiro atoms. The maximum absolute atomic E-state index is 13.7. The van der Waals surface area contributed by atoms with Gasteiger partial charge in [-0.2, -0.15) is 0 Å². The van der Waals surface area contributed by atoms with E-state index >= 15 is 0 Å². The van der Waals surface area contributed by atoms with E-state index in [1.165, 1.54) is 5.56 Å². The monoisotopic (exact) mass is 529 g/mol. The number of rotatable bonds is 13. The average Bonchev–Trinajstić information content (AvgIpc) is 2.93. The average molecular weight is 530 g/mol. The Hall–Kier alpha value is -3.48. The molecule has 0 saturated carbocycles. The van der Waals surface area contributed by atoms with Crippen molar-refractivity contribution in [1.29, 1.82) is 0 Å². The number of hydrogen-bond donors (Lipinski definition) is 2. The fraction of sp³-hybridized carbons (Fsp3) is 0.394. The standard InChI is InChI=1S/C33H43N3O3/c1-25(37)24-34-33(2,3)20-11-16-31(38)36(5)30(23-27-17-18-28-14-9-10-15-29(28)22-27)32(39)35(4)21-19-26-12-7-6-8-13-26/h6-18,22,25,30,34,37H,19-21,23-24H2,1-5H3/b16-11+/t25-,30-/m1/s1. The second-order valence-electron chi connectivity index (χ2n) is 11.1. The maximum atomic E-state index is 13.7. The van der Waals surface area contributed by atoms with Gasteiger partial charge in [0.25, 0.3) is 0 Å². The predicted octanol–water partition coefficient (Wildman–Crippen LogP) is 4.61. The summed E-state index contributed by atoms with van der Waals surface area (Å²) in [5, 5.41) is 15.1. The topological polar surface area (TPSA) is 72.9 Å². The minimum Gasteiger partial charge on any atom is -0.392 e. The van der Waals surface area contributed by atoms with Gasteiger partial charge in [0.15, 0.2) is 0 Å². The molecule has 2 amide bonds. The summed E-state index contributed by atoms with van der Waals surface area (Å²) < 4.78 is 0. The number of amides is 2. The van der Waals surface area contributed by atoms with Crippen LogP contribution in [0.25, 0.3) is 10.8 Å². The fourth-order valence-electron chi connectivity index (χ4n) is 4.51. The van der Waals surface area contributed by atoms with Crippen LogP contribution in [0.5, 0.6) is 0 Å². The number of benzene rings is 3. The summed E-state index contributed by atoms with van der Waals surface area (Å²) in [6.45, 7) is 6.84. The SMILES string of the molecule is C[C@@H](O)CNC(C)(C)C/C=C/C(=O)N(C)[C@H](Cc1ccc2ccccc2c1)C(=O)N(C)CCc1ccccc1. The van der Waals surface area contributed by atoms with Crippen LogP contribution in [0.3, 0.4) is 0 Å². The number of nitrogens with one attached hydrogen (secondary N) is 1. The highest BCUT2D eigenvalue weighted by molar-refractivity contribution is 5.93. The van der Waals surface area contributed by atoms with Gasteiger partial charge in [0.05, 0.1) is 6.10 Å². The minimum atomic E-state index is -0.634. The maximum Gasteiger partial charge on any atom is 0.246 e. The predicted molar refractivity (Wildman–Crippen MR) is 160 cm³/mol. The molecule has 0 unspecified atom stereocenters. The molecular weight excluding hydrogens is 486 g/mol. The van der Waals surface area contributed by atoms with E-state index in [9.17, 15) is 14.7 Å². The van der Waals surface area contributed by atoms with Crippen LogP contribution in [0.2, 0.25) is 0 Å². The molecule has 0 radical (unpaired) electrons. The second-order valence-corrected chi connectivity index (χ2v) is 11.1. The van der Waals surface area contributed by atoms with E-state index in [4.69, 9.17) is 0 Å². The molecule has 0 aliphatic rings. The summed E-state index contributed by atoms with van der Waals surface area (Å²) in [7, 11) is 3.52. The van der Waals surface area contributed by atoms with Crippen molar-refractivity contribution in [2.45, 2.75) is 57.7 Å². The molecule has 0 fully saturated rings. The number of nitrogens with zero attached hydrogens (tertiary/aromatic N) is 2. The van der Waals surface area contributed by atoms with Gasteiger partial charge < -0.3 is 20.2 Å². The first-order valence-electron chi connectivity index (χ1n) is 13.7. The third-order valence-electron chi connectivity index (χ3n) is 7.06. The smallest absolute Gasteiger partial charge is 0.246 e. The van der Waals surface area contributed by atoms with Crippen LogP contribution in [0.4, 0.5) is 0 Å². The van der Waals surface area contributed by atoms with Crippen LogP contribution in [-0.4, -0.2) is 71.6 Å². The number of fused-ring (bicyclic) bond motifs is 1. The van der Waals surface area contributed by atoms with Crippen LogP contribution < -0.4 is 5.32 Å². The van der Waals surface area contributed by atoms with E-state index in [0.717, 1.165) is 22.8 Å². The zero-order valence-electron chi connectivity index (χ0n) is 23.9. The van der Waals surface area contributed by atoms with Crippen molar-refractivity contribution >= 4 is 22.6 Å². The van der Waals surface area contributed by atoms with Crippen molar-refractivity contribution in [2.24, 2.45) is 0 Å². The molecule has 0 aliphatic heterocycles. The Morgan fingerprint density at radius 1 is 0.949 bits per heavy atom. The molecule has 2 N–H and O–H groups in total. The van der Waals surface area contributed by atoms with Crippen molar-refractivity contribution in [3.8, 4) is 0 Å². The number of β-amino-alcohol motifs (C(OH)–C–C–N with tert-alkyl or cyclic N) is 1. The molecule has 208 valence electrons. The number of aliphatic hydroxyl groups is 1. The third kappa shape index (κ3) is 9.34. The zero-order valence-corrected chi connectivity index (χ0v) is 23.9. The van der Waals surface area contributed by atoms with Gasteiger partial charge in [-0.3, -0.25) is 9.59 Å². The van der Waals surface area contributed by atoms with Gasteiger partial charge in [0.1, 0.15) is 6.04 Å². The molecule has 6 nitrogen and oxygen atoms in total. The molecule has 3 rings (SSSR count). The van der Waals surface area contributed by atoms with E-state index in [1.807, 2.05) is 63.4 Å². The van der Waals surface area contributed by atoms with Crippen molar-refractivity contribution in [2.75, 3.05) is 27.2 Å². The Labute approximate surface area is 233 Å². The molecule has 6 heteroatoms. The van der Waals surface area contributed by atoms with Gasteiger partial charge in [0, 0.05) is 39.1 Å². The van der Waals surface area contributed by atoms with Crippen LogP contribution >= 0.6 is 0 Å². The van der Waals surface area contributed by atoms with E-state index in [0.29, 0.717) is 25.9 Å². The molecule has 0 aliphatic carbocycles.